The van der Waals surface area contributed by atoms with Crippen molar-refractivity contribution >= 4 is 90.8 Å². The molecular formula is C22H42CaSi4. The van der Waals surface area contributed by atoms with Crippen LogP contribution < -0.4 is 20.7 Å². The molecule has 0 heterocycles. The van der Waals surface area contributed by atoms with E-state index in [-0.39, 0.29) is 37.7 Å². The van der Waals surface area contributed by atoms with E-state index in [2.05, 4.69) is 115 Å². The molecule has 0 fully saturated rings. The zero-order valence-electron chi connectivity index (χ0n) is 20.2. The molecule has 0 aliphatic rings. The predicted molar refractivity (Wildman–Crippen MR) is 142 cm³/mol. The maximum atomic E-state index is 2.46. The smallest absolute Gasteiger partial charge is 0.212 e. The van der Waals surface area contributed by atoms with Crippen LogP contribution in [0.3, 0.4) is 0 Å². The maximum Gasteiger partial charge on any atom is 2.00 e. The van der Waals surface area contributed by atoms with Crippen molar-refractivity contribution in [1.29, 1.82) is 0 Å². The third-order valence-electron chi connectivity index (χ3n) is 4.97. The average molecular weight is 459 g/mol. The van der Waals surface area contributed by atoms with Crippen molar-refractivity contribution in [3.05, 3.63) is 36.4 Å². The molecule has 0 aliphatic carbocycles. The summed E-state index contributed by atoms with van der Waals surface area (Å²) in [6.45, 7) is 29.0. The number of hydrogen-bond donors (Lipinski definition) is 0. The summed E-state index contributed by atoms with van der Waals surface area (Å²) in [4.78, 5) is 0. The summed E-state index contributed by atoms with van der Waals surface area (Å²) in [6.07, 6.45) is 0. The second-order valence-electron chi connectivity index (χ2n) is 11.8. The minimum absolute atomic E-state index is 0. The van der Waals surface area contributed by atoms with E-state index in [1.165, 1.54) is 0 Å². The van der Waals surface area contributed by atoms with Crippen LogP contribution in [-0.2, 0) is 0 Å². The van der Waals surface area contributed by atoms with Crippen molar-refractivity contribution < 1.29 is 0 Å². The van der Waals surface area contributed by atoms with Crippen molar-refractivity contribution in [3.63, 3.8) is 0 Å². The first-order valence-electron chi connectivity index (χ1n) is 9.98. The topological polar surface area (TPSA) is 0 Å². The molecular weight excluding hydrogens is 417 g/mol. The van der Waals surface area contributed by atoms with Crippen LogP contribution in [-0.4, -0.2) is 70.0 Å². The molecule has 0 nitrogen and oxygen atoms in total. The Balaban J connectivity index is 0.000000483. The van der Waals surface area contributed by atoms with Crippen LogP contribution in [0.2, 0.25) is 78.6 Å². The van der Waals surface area contributed by atoms with Crippen LogP contribution in [0, 0.1) is 0 Å². The summed E-state index contributed by atoms with van der Waals surface area (Å²) in [6, 6.07) is 14.3. The molecule has 2 aromatic rings. The first-order valence-corrected chi connectivity index (χ1v) is 24.0. The molecule has 148 valence electrons. The second-order valence-corrected chi connectivity index (χ2v) is 32.1. The standard InChI is InChI=1S/2C11H21Si2.Ca/c2*1-12(2,3)10-7-8-11(9-10)13(4,5)6;/h2*7-9H,1-6H3;/q2*-1;+2. The van der Waals surface area contributed by atoms with E-state index in [1.807, 2.05) is 0 Å². The number of hydrogen-bond acceptors (Lipinski definition) is 0. The fraction of sp³-hybridized carbons (Fsp3) is 0.545. The average Bonchev–Trinajstić information content (AvgIpc) is 3.06. The van der Waals surface area contributed by atoms with Gasteiger partial charge in [0.05, 0.1) is 0 Å². The normalized spacial score (nSPS) is 12.9. The van der Waals surface area contributed by atoms with Gasteiger partial charge >= 0.3 is 37.7 Å². The zero-order valence-corrected chi connectivity index (χ0v) is 26.4. The van der Waals surface area contributed by atoms with E-state index in [4.69, 9.17) is 0 Å². The van der Waals surface area contributed by atoms with Crippen molar-refractivity contribution in [2.45, 2.75) is 78.6 Å². The van der Waals surface area contributed by atoms with Gasteiger partial charge in [0.1, 0.15) is 0 Å². The second kappa shape index (κ2) is 9.76. The summed E-state index contributed by atoms with van der Waals surface area (Å²) in [5.74, 6) is 0. The van der Waals surface area contributed by atoms with Gasteiger partial charge in [0.25, 0.3) is 0 Å². The van der Waals surface area contributed by atoms with E-state index in [0.717, 1.165) is 0 Å². The SMILES string of the molecule is C[Si](C)(C)c1cc[c-]([Si](C)(C)C)c1.C[Si](C)(C)c1cc[c-]([Si](C)(C)C)c1.[Ca+2]. The van der Waals surface area contributed by atoms with E-state index in [9.17, 15) is 0 Å². The van der Waals surface area contributed by atoms with E-state index in [0.29, 0.717) is 0 Å². The fourth-order valence-electron chi connectivity index (χ4n) is 2.75. The Morgan fingerprint density at radius 3 is 0.889 bits per heavy atom. The van der Waals surface area contributed by atoms with E-state index in [1.54, 1.807) is 20.7 Å². The van der Waals surface area contributed by atoms with Gasteiger partial charge in [-0.15, -0.1) is 0 Å². The minimum Gasteiger partial charge on any atom is -0.212 e. The third kappa shape index (κ3) is 9.02. The first kappa shape index (κ1) is 27.8. The molecule has 0 radical (unpaired) electrons. The van der Waals surface area contributed by atoms with E-state index < -0.39 is 32.3 Å². The van der Waals surface area contributed by atoms with E-state index >= 15 is 0 Å². The molecule has 5 heteroatoms. The van der Waals surface area contributed by atoms with Crippen molar-refractivity contribution in [1.82, 2.24) is 0 Å². The molecule has 0 bridgehead atoms. The van der Waals surface area contributed by atoms with Crippen LogP contribution in [0.4, 0.5) is 0 Å². The summed E-state index contributed by atoms with van der Waals surface area (Å²) < 4.78 is 0. The van der Waals surface area contributed by atoms with Gasteiger partial charge in [-0.1, -0.05) is 78.6 Å². The molecule has 0 saturated carbocycles. The van der Waals surface area contributed by atoms with Crippen LogP contribution in [0.1, 0.15) is 0 Å². The molecule has 0 unspecified atom stereocenters. The van der Waals surface area contributed by atoms with Crippen LogP contribution in [0.15, 0.2) is 36.4 Å². The Morgan fingerprint density at radius 1 is 0.519 bits per heavy atom. The molecule has 2 rings (SSSR count). The Kier molecular flexibility index (Phi) is 10.1. The summed E-state index contributed by atoms with van der Waals surface area (Å²) >= 11 is 0. The fourth-order valence-corrected chi connectivity index (χ4v) is 7.73. The van der Waals surface area contributed by atoms with Crippen molar-refractivity contribution in [3.8, 4) is 0 Å². The molecule has 0 N–H and O–H groups in total. The Labute approximate surface area is 203 Å². The zero-order chi connectivity index (χ0) is 20.6. The van der Waals surface area contributed by atoms with Gasteiger partial charge in [0.15, 0.2) is 0 Å². The predicted octanol–water partition coefficient (Wildman–Crippen LogP) is 4.61. The minimum atomic E-state index is -1.07. The van der Waals surface area contributed by atoms with Gasteiger partial charge in [-0.2, -0.15) is 34.6 Å². The molecule has 27 heavy (non-hydrogen) atoms. The van der Waals surface area contributed by atoms with Crippen molar-refractivity contribution in [2.24, 2.45) is 0 Å². The number of rotatable bonds is 4. The van der Waals surface area contributed by atoms with Gasteiger partial charge in [0.2, 0.25) is 0 Å². The van der Waals surface area contributed by atoms with Gasteiger partial charge in [-0.05, 0) is 0 Å². The molecule has 0 aromatic heterocycles. The van der Waals surface area contributed by atoms with Gasteiger partial charge < -0.3 is 0 Å². The Hall–Kier alpha value is 0.827. The molecule has 0 spiro atoms. The quantitative estimate of drug-likeness (QED) is 0.463. The first-order chi connectivity index (χ1) is 11.4. The summed E-state index contributed by atoms with van der Waals surface area (Å²) in [5.41, 5.74) is 0. The Morgan fingerprint density at radius 2 is 0.778 bits per heavy atom. The largest absolute Gasteiger partial charge is 2.00 e. The molecule has 0 amide bonds. The van der Waals surface area contributed by atoms with Gasteiger partial charge in [-0.3, -0.25) is 0 Å². The third-order valence-corrected chi connectivity index (χ3v) is 13.1. The summed E-state index contributed by atoms with van der Waals surface area (Å²) in [7, 11) is -4.28. The van der Waals surface area contributed by atoms with Crippen LogP contribution in [0.5, 0.6) is 0 Å². The van der Waals surface area contributed by atoms with Crippen molar-refractivity contribution in [2.75, 3.05) is 0 Å². The van der Waals surface area contributed by atoms with Crippen LogP contribution >= 0.6 is 0 Å². The van der Waals surface area contributed by atoms with Crippen LogP contribution in [0.25, 0.3) is 0 Å². The Bertz CT molecular complexity index is 579. The molecule has 0 saturated heterocycles. The molecule has 0 aliphatic heterocycles. The summed E-state index contributed by atoms with van der Waals surface area (Å²) in [5, 5.41) is 6.46. The van der Waals surface area contributed by atoms with Gasteiger partial charge in [-0.25, -0.2) is 22.5 Å². The molecule has 2 aromatic carbocycles. The monoisotopic (exact) mass is 458 g/mol. The van der Waals surface area contributed by atoms with Gasteiger partial charge in [0, 0.05) is 32.3 Å². The molecule has 0 atom stereocenters. The maximum absolute atomic E-state index is 2.46.